The number of benzene rings is 2. The highest BCUT2D eigenvalue weighted by Crippen LogP contribution is 2.31. The highest BCUT2D eigenvalue weighted by molar-refractivity contribution is 5.94. The summed E-state index contributed by atoms with van der Waals surface area (Å²) in [5.74, 6) is 2.06. The van der Waals surface area contributed by atoms with Gasteiger partial charge in [-0.25, -0.2) is 4.39 Å². The first kappa shape index (κ1) is 21.4. The third-order valence-corrected chi connectivity index (χ3v) is 7.26. The molecule has 5 rings (SSSR count). The molecule has 1 saturated heterocycles. The van der Waals surface area contributed by atoms with E-state index in [9.17, 15) is 9.18 Å². The number of halogens is 1. The van der Waals surface area contributed by atoms with Crippen LogP contribution in [0.1, 0.15) is 47.2 Å². The largest absolute Gasteiger partial charge is 0.493 e. The van der Waals surface area contributed by atoms with Gasteiger partial charge in [-0.3, -0.25) is 4.79 Å². The van der Waals surface area contributed by atoms with Crippen LogP contribution in [-0.4, -0.2) is 55.0 Å². The minimum absolute atomic E-state index is 0.00847. The maximum absolute atomic E-state index is 13.1. The Balaban J connectivity index is 1.09. The summed E-state index contributed by atoms with van der Waals surface area (Å²) in [6.07, 6.45) is 6.97. The van der Waals surface area contributed by atoms with Gasteiger partial charge in [0.2, 0.25) is 0 Å². The fourth-order valence-corrected chi connectivity index (χ4v) is 4.98. The van der Waals surface area contributed by atoms with Crippen LogP contribution in [0.5, 0.6) is 5.75 Å². The summed E-state index contributed by atoms with van der Waals surface area (Å²) in [5.41, 5.74) is 3.48. The van der Waals surface area contributed by atoms with Crippen molar-refractivity contribution in [3.05, 3.63) is 65.0 Å². The molecule has 0 radical (unpaired) electrons. The lowest BCUT2D eigenvalue weighted by Gasteiger charge is -2.32. The molecule has 0 unspecified atom stereocenters. The molecule has 0 bridgehead atoms. The van der Waals surface area contributed by atoms with Crippen molar-refractivity contribution in [1.29, 1.82) is 0 Å². The van der Waals surface area contributed by atoms with Gasteiger partial charge >= 0.3 is 0 Å². The van der Waals surface area contributed by atoms with Crippen LogP contribution in [0.4, 0.5) is 4.39 Å². The lowest BCUT2D eigenvalue weighted by Crippen LogP contribution is -2.39. The molecule has 0 atom stereocenters. The summed E-state index contributed by atoms with van der Waals surface area (Å²) in [6, 6.07) is 12.5. The predicted molar refractivity (Wildman–Crippen MR) is 124 cm³/mol. The van der Waals surface area contributed by atoms with E-state index in [0.29, 0.717) is 18.1 Å². The third-order valence-electron chi connectivity index (χ3n) is 7.26. The number of carbonyl (C=O) groups excluding carboxylic acids is 1. The first-order valence-electron chi connectivity index (χ1n) is 12.2. The lowest BCUT2D eigenvalue weighted by atomic mass is 9.97. The first-order chi connectivity index (χ1) is 15.6. The number of rotatable bonds is 6. The average Bonchev–Trinajstić information content (AvgIpc) is 3.66. The molecule has 2 heterocycles. The van der Waals surface area contributed by atoms with Crippen LogP contribution in [0.15, 0.2) is 42.5 Å². The Hall–Kier alpha value is -2.40. The van der Waals surface area contributed by atoms with Gasteiger partial charge in [0.15, 0.2) is 0 Å². The van der Waals surface area contributed by atoms with Crippen molar-refractivity contribution in [1.82, 2.24) is 9.80 Å². The van der Waals surface area contributed by atoms with Gasteiger partial charge in [-0.05, 0) is 97.9 Å². The Morgan fingerprint density at radius 2 is 1.59 bits per heavy atom. The van der Waals surface area contributed by atoms with Crippen LogP contribution in [0.3, 0.4) is 0 Å². The summed E-state index contributed by atoms with van der Waals surface area (Å²) in [6.45, 7) is 5.77. The van der Waals surface area contributed by atoms with Crippen LogP contribution in [-0.2, 0) is 12.8 Å². The van der Waals surface area contributed by atoms with Crippen molar-refractivity contribution >= 4 is 5.91 Å². The highest BCUT2D eigenvalue weighted by atomic mass is 19.1. The standard InChI is InChI=1S/C27H33FN2O2/c28-25-6-3-23(4-7-25)27(31)30-15-9-21(10-16-30)19-32-26-8-5-22-11-13-29(18-20-1-2-20)14-12-24(22)17-26/h3-8,17,20-21H,1-2,9-16,18-19H2. The second kappa shape index (κ2) is 9.62. The van der Waals surface area contributed by atoms with Gasteiger partial charge < -0.3 is 14.5 Å². The van der Waals surface area contributed by atoms with E-state index in [1.54, 1.807) is 12.1 Å². The topological polar surface area (TPSA) is 32.8 Å². The van der Waals surface area contributed by atoms with Gasteiger partial charge in [0, 0.05) is 38.3 Å². The molecule has 1 amide bonds. The summed E-state index contributed by atoms with van der Waals surface area (Å²) in [5, 5.41) is 0. The molecular formula is C27H33FN2O2. The van der Waals surface area contributed by atoms with Crippen molar-refractivity contribution in [2.75, 3.05) is 39.3 Å². The van der Waals surface area contributed by atoms with E-state index in [-0.39, 0.29) is 11.7 Å². The Bertz CT molecular complexity index is 933. The number of hydrogen-bond donors (Lipinski definition) is 0. The van der Waals surface area contributed by atoms with Crippen LogP contribution in [0.25, 0.3) is 0 Å². The molecule has 4 nitrogen and oxygen atoms in total. The van der Waals surface area contributed by atoms with Crippen LogP contribution in [0.2, 0.25) is 0 Å². The number of carbonyl (C=O) groups is 1. The quantitative estimate of drug-likeness (QED) is 0.665. The van der Waals surface area contributed by atoms with E-state index >= 15 is 0 Å². The number of nitrogens with zero attached hydrogens (tertiary/aromatic N) is 2. The SMILES string of the molecule is O=C(c1ccc(F)cc1)N1CCC(COc2ccc3c(c2)CCN(CC2CC2)CC3)CC1. The molecule has 0 spiro atoms. The Morgan fingerprint density at radius 3 is 2.31 bits per heavy atom. The highest BCUT2D eigenvalue weighted by Gasteiger charge is 2.26. The zero-order valence-electron chi connectivity index (χ0n) is 18.8. The molecule has 1 saturated carbocycles. The Kier molecular flexibility index (Phi) is 6.44. The van der Waals surface area contributed by atoms with Gasteiger partial charge in [-0.2, -0.15) is 0 Å². The minimum atomic E-state index is -0.314. The fourth-order valence-electron chi connectivity index (χ4n) is 4.98. The Labute approximate surface area is 190 Å². The molecule has 0 aromatic heterocycles. The number of likely N-dealkylation sites (tertiary alicyclic amines) is 1. The number of ether oxygens (including phenoxy) is 1. The van der Waals surface area contributed by atoms with Crippen LogP contribution < -0.4 is 4.74 Å². The minimum Gasteiger partial charge on any atom is -0.493 e. The van der Waals surface area contributed by atoms with E-state index < -0.39 is 0 Å². The molecule has 2 aromatic rings. The molecule has 2 fully saturated rings. The van der Waals surface area contributed by atoms with Crippen LogP contribution in [0, 0.1) is 17.7 Å². The van der Waals surface area contributed by atoms with Crippen molar-refractivity contribution in [3.63, 3.8) is 0 Å². The second-order valence-corrected chi connectivity index (χ2v) is 9.73. The molecule has 2 aromatic carbocycles. The summed E-state index contributed by atoms with van der Waals surface area (Å²) in [4.78, 5) is 17.1. The molecule has 5 heteroatoms. The van der Waals surface area contributed by atoms with E-state index in [1.807, 2.05) is 4.90 Å². The zero-order valence-corrected chi connectivity index (χ0v) is 18.8. The average molecular weight is 437 g/mol. The smallest absolute Gasteiger partial charge is 0.253 e. The van der Waals surface area contributed by atoms with Crippen molar-refractivity contribution < 1.29 is 13.9 Å². The molecule has 2 aliphatic heterocycles. The number of hydrogen-bond acceptors (Lipinski definition) is 3. The monoisotopic (exact) mass is 436 g/mol. The normalized spacial score (nSPS) is 20.0. The molecule has 0 N–H and O–H groups in total. The number of piperidine rings is 1. The van der Waals surface area contributed by atoms with E-state index in [0.717, 1.165) is 57.0 Å². The van der Waals surface area contributed by atoms with Crippen molar-refractivity contribution in [2.45, 2.75) is 38.5 Å². The summed E-state index contributed by atoms with van der Waals surface area (Å²) >= 11 is 0. The van der Waals surface area contributed by atoms with Crippen LogP contribution >= 0.6 is 0 Å². The lowest BCUT2D eigenvalue weighted by molar-refractivity contribution is 0.0661. The van der Waals surface area contributed by atoms with Gasteiger partial charge in [-0.1, -0.05) is 6.07 Å². The molecule has 1 aliphatic carbocycles. The van der Waals surface area contributed by atoms with Gasteiger partial charge in [-0.15, -0.1) is 0 Å². The van der Waals surface area contributed by atoms with E-state index in [2.05, 4.69) is 23.1 Å². The fraction of sp³-hybridized carbons (Fsp3) is 0.519. The molecule has 170 valence electrons. The summed E-state index contributed by atoms with van der Waals surface area (Å²) < 4.78 is 19.3. The van der Waals surface area contributed by atoms with E-state index in [4.69, 9.17) is 4.74 Å². The van der Waals surface area contributed by atoms with Crippen molar-refractivity contribution in [3.8, 4) is 5.75 Å². The molecule has 3 aliphatic rings. The number of amides is 1. The zero-order chi connectivity index (χ0) is 21.9. The third kappa shape index (κ3) is 5.32. The number of fused-ring (bicyclic) bond motifs is 1. The van der Waals surface area contributed by atoms with E-state index in [1.165, 1.54) is 49.2 Å². The predicted octanol–water partition coefficient (Wildman–Crippen LogP) is 4.57. The van der Waals surface area contributed by atoms with Gasteiger partial charge in [0.1, 0.15) is 11.6 Å². The summed E-state index contributed by atoms with van der Waals surface area (Å²) in [7, 11) is 0. The maximum atomic E-state index is 13.1. The van der Waals surface area contributed by atoms with Crippen molar-refractivity contribution in [2.24, 2.45) is 11.8 Å². The second-order valence-electron chi connectivity index (χ2n) is 9.73. The molecular weight excluding hydrogens is 403 g/mol. The Morgan fingerprint density at radius 1 is 0.875 bits per heavy atom. The van der Waals surface area contributed by atoms with Gasteiger partial charge in [0.25, 0.3) is 5.91 Å². The first-order valence-corrected chi connectivity index (χ1v) is 12.2. The maximum Gasteiger partial charge on any atom is 0.253 e. The van der Waals surface area contributed by atoms with Gasteiger partial charge in [0.05, 0.1) is 6.61 Å². The molecule has 32 heavy (non-hydrogen) atoms.